The summed E-state index contributed by atoms with van der Waals surface area (Å²) in [5.74, 6) is 0.746. The monoisotopic (exact) mass is 454 g/mol. The van der Waals surface area contributed by atoms with E-state index in [0.29, 0.717) is 36.8 Å². The highest BCUT2D eigenvalue weighted by Gasteiger charge is 2.43. The van der Waals surface area contributed by atoms with Crippen molar-refractivity contribution in [3.63, 3.8) is 0 Å². The van der Waals surface area contributed by atoms with Crippen LogP contribution >= 0.6 is 11.6 Å². The zero-order chi connectivity index (χ0) is 22.5. The number of anilines is 1. The predicted molar refractivity (Wildman–Crippen MR) is 121 cm³/mol. The van der Waals surface area contributed by atoms with Crippen molar-refractivity contribution < 1.29 is 14.3 Å². The van der Waals surface area contributed by atoms with E-state index in [-0.39, 0.29) is 29.3 Å². The fourth-order valence-electron chi connectivity index (χ4n) is 4.56. The largest absolute Gasteiger partial charge is 0.495 e. The number of carbonyl (C=O) groups excluding carboxylic acids is 1. The zero-order valence-electron chi connectivity index (χ0n) is 18.0. The molecule has 2 fully saturated rings. The number of rotatable bonds is 7. The van der Waals surface area contributed by atoms with Crippen LogP contribution in [0.5, 0.6) is 5.75 Å². The minimum Gasteiger partial charge on any atom is -0.495 e. The number of benzene rings is 1. The highest BCUT2D eigenvalue weighted by Crippen LogP contribution is 2.37. The van der Waals surface area contributed by atoms with E-state index >= 15 is 0 Å². The second kappa shape index (κ2) is 10.2. The first-order valence-corrected chi connectivity index (χ1v) is 11.3. The van der Waals surface area contributed by atoms with Crippen molar-refractivity contribution in [3.8, 4) is 11.8 Å². The maximum atomic E-state index is 12.8. The zero-order valence-corrected chi connectivity index (χ0v) is 18.7. The number of hydrogen-bond donors (Lipinski definition) is 2. The molecule has 7 nitrogen and oxygen atoms in total. The van der Waals surface area contributed by atoms with Crippen molar-refractivity contribution in [1.82, 2.24) is 10.3 Å². The Morgan fingerprint density at radius 3 is 2.91 bits per heavy atom. The number of piperidine rings is 1. The highest BCUT2D eigenvalue weighted by atomic mass is 35.5. The van der Waals surface area contributed by atoms with Crippen LogP contribution in [-0.2, 0) is 16.1 Å². The molecule has 2 aromatic rings. The minimum absolute atomic E-state index is 0.0517. The number of methoxy groups -OCH3 is 1. The lowest BCUT2D eigenvalue weighted by Gasteiger charge is -2.44. The Bertz CT molecular complexity index is 981. The molecular weight excluding hydrogens is 428 g/mol. The molecule has 1 aromatic carbocycles. The summed E-state index contributed by atoms with van der Waals surface area (Å²) in [6.45, 7) is 0.928. The molecule has 1 aliphatic heterocycles. The number of nitrogens with one attached hydrogen (secondary N) is 2. The molecule has 0 spiro atoms. The summed E-state index contributed by atoms with van der Waals surface area (Å²) in [7, 11) is 1.54. The van der Waals surface area contributed by atoms with Gasteiger partial charge in [-0.15, -0.1) is 11.6 Å². The van der Waals surface area contributed by atoms with Gasteiger partial charge in [0.25, 0.3) is 0 Å². The van der Waals surface area contributed by atoms with Gasteiger partial charge in [-0.1, -0.05) is 6.07 Å². The maximum Gasteiger partial charge on any atom is 0.225 e. The van der Waals surface area contributed by atoms with Crippen LogP contribution in [-0.4, -0.2) is 42.1 Å². The summed E-state index contributed by atoms with van der Waals surface area (Å²) in [6.07, 6.45) is 3.94. The normalized spacial score (nSPS) is 27.0. The number of halogens is 1. The molecule has 32 heavy (non-hydrogen) atoms. The lowest BCUT2D eigenvalue weighted by atomic mass is 9.74. The smallest absolute Gasteiger partial charge is 0.225 e. The molecule has 8 heteroatoms. The first-order chi connectivity index (χ1) is 15.6. The van der Waals surface area contributed by atoms with Crippen molar-refractivity contribution in [2.24, 2.45) is 11.8 Å². The predicted octanol–water partition coefficient (Wildman–Crippen LogP) is 3.48. The Balaban J connectivity index is 1.31. The second-order valence-corrected chi connectivity index (χ2v) is 8.93. The maximum absolute atomic E-state index is 12.8. The van der Waals surface area contributed by atoms with Gasteiger partial charge in [-0.3, -0.25) is 9.78 Å². The molecule has 168 valence electrons. The van der Waals surface area contributed by atoms with Gasteiger partial charge in [0, 0.05) is 30.5 Å². The highest BCUT2D eigenvalue weighted by molar-refractivity contribution is 6.21. The van der Waals surface area contributed by atoms with Crippen molar-refractivity contribution >= 4 is 23.2 Å². The molecule has 2 N–H and O–H groups in total. The van der Waals surface area contributed by atoms with Gasteiger partial charge in [0.15, 0.2) is 0 Å². The van der Waals surface area contributed by atoms with Crippen LogP contribution in [0.2, 0.25) is 0 Å². The van der Waals surface area contributed by atoms with Gasteiger partial charge in [0.1, 0.15) is 11.8 Å². The molecule has 1 aliphatic carbocycles. The number of nitrogens with zero attached hydrogens (tertiary/aromatic N) is 2. The third kappa shape index (κ3) is 5.14. The summed E-state index contributed by atoms with van der Waals surface area (Å²) in [4.78, 5) is 17.0. The molecule has 1 aromatic heterocycles. The van der Waals surface area contributed by atoms with E-state index in [0.717, 1.165) is 24.2 Å². The van der Waals surface area contributed by atoms with Crippen molar-refractivity contribution in [2.75, 3.05) is 19.0 Å². The molecule has 1 saturated carbocycles. The van der Waals surface area contributed by atoms with Gasteiger partial charge >= 0.3 is 0 Å². The van der Waals surface area contributed by atoms with Crippen LogP contribution in [0.1, 0.15) is 30.5 Å². The number of amides is 1. The molecule has 2 aliphatic rings. The molecule has 4 rings (SSSR count). The average molecular weight is 455 g/mol. The van der Waals surface area contributed by atoms with E-state index < -0.39 is 0 Å². The summed E-state index contributed by atoms with van der Waals surface area (Å²) in [5, 5.41) is 15.5. The molecule has 0 bridgehead atoms. The Kier molecular flexibility index (Phi) is 7.13. The van der Waals surface area contributed by atoms with Crippen LogP contribution in [0, 0.1) is 23.2 Å². The Labute approximate surface area is 193 Å². The summed E-state index contributed by atoms with van der Waals surface area (Å²) >= 11 is 6.67. The molecule has 2 heterocycles. The third-order valence-corrected chi connectivity index (χ3v) is 6.78. The molecular formula is C24H27ClN4O3. The molecule has 5 atom stereocenters. The van der Waals surface area contributed by atoms with Crippen molar-refractivity contribution in [2.45, 2.75) is 43.4 Å². The van der Waals surface area contributed by atoms with E-state index in [2.05, 4.69) is 21.7 Å². The van der Waals surface area contributed by atoms with Gasteiger partial charge in [-0.2, -0.15) is 5.26 Å². The van der Waals surface area contributed by atoms with E-state index in [1.807, 2.05) is 24.3 Å². The lowest BCUT2D eigenvalue weighted by Crippen LogP contribution is -2.56. The van der Waals surface area contributed by atoms with E-state index in [4.69, 9.17) is 26.3 Å². The SMILES string of the molecule is COc1cc(NCC2CC3CC(Cl)C(OCc4ccccn4)CC3NC2=O)ccc1C#N. The van der Waals surface area contributed by atoms with Crippen LogP contribution in [0.3, 0.4) is 0 Å². The van der Waals surface area contributed by atoms with Crippen LogP contribution in [0.15, 0.2) is 42.6 Å². The number of hydrogen-bond acceptors (Lipinski definition) is 6. The summed E-state index contributed by atoms with van der Waals surface area (Å²) in [5.41, 5.74) is 2.17. The first-order valence-electron chi connectivity index (χ1n) is 10.9. The Morgan fingerprint density at radius 2 is 2.16 bits per heavy atom. The molecule has 0 radical (unpaired) electrons. The number of alkyl halides is 1. The topological polar surface area (TPSA) is 96.3 Å². The van der Waals surface area contributed by atoms with E-state index in [9.17, 15) is 4.79 Å². The molecule has 1 amide bonds. The Hall–Kier alpha value is -2.82. The number of nitriles is 1. The number of carbonyl (C=O) groups is 1. The standard InChI is InChI=1S/C24H27ClN4O3/c1-31-22-10-18(6-5-15(22)12-26)28-13-17-8-16-9-20(25)23(11-21(16)29-24(17)30)32-14-19-4-2-3-7-27-19/h2-7,10,16-17,20-21,23,28H,8-9,11,13-14H2,1H3,(H,29,30). The van der Waals surface area contributed by atoms with E-state index in [1.54, 1.807) is 18.3 Å². The lowest BCUT2D eigenvalue weighted by molar-refractivity contribution is -0.130. The van der Waals surface area contributed by atoms with Gasteiger partial charge in [-0.05, 0) is 49.4 Å². The number of aromatic nitrogens is 1. The third-order valence-electron chi connectivity index (χ3n) is 6.32. The van der Waals surface area contributed by atoms with Gasteiger partial charge in [0.2, 0.25) is 5.91 Å². The fraction of sp³-hybridized carbons (Fsp3) is 0.458. The van der Waals surface area contributed by atoms with Crippen molar-refractivity contribution in [1.29, 1.82) is 5.26 Å². The van der Waals surface area contributed by atoms with Gasteiger partial charge in [-0.25, -0.2) is 0 Å². The summed E-state index contributed by atoms with van der Waals surface area (Å²) < 4.78 is 11.3. The van der Waals surface area contributed by atoms with E-state index in [1.165, 1.54) is 7.11 Å². The summed E-state index contributed by atoms with van der Waals surface area (Å²) in [6, 6.07) is 13.2. The van der Waals surface area contributed by atoms with Crippen LogP contribution < -0.4 is 15.4 Å². The second-order valence-electron chi connectivity index (χ2n) is 8.37. The molecule has 1 saturated heterocycles. The number of fused-ring (bicyclic) bond motifs is 1. The van der Waals surface area contributed by atoms with Gasteiger partial charge in [0.05, 0.1) is 42.4 Å². The van der Waals surface area contributed by atoms with Gasteiger partial charge < -0.3 is 20.1 Å². The number of pyridine rings is 1. The minimum atomic E-state index is -0.146. The van der Waals surface area contributed by atoms with Crippen LogP contribution in [0.25, 0.3) is 0 Å². The molecule has 5 unspecified atom stereocenters. The first kappa shape index (κ1) is 22.4. The average Bonchev–Trinajstić information content (AvgIpc) is 2.82. The fourth-order valence-corrected chi connectivity index (χ4v) is 4.97. The van der Waals surface area contributed by atoms with Crippen molar-refractivity contribution in [3.05, 3.63) is 53.9 Å². The Morgan fingerprint density at radius 1 is 1.28 bits per heavy atom. The number of ether oxygens (including phenoxy) is 2. The van der Waals surface area contributed by atoms with Crippen LogP contribution in [0.4, 0.5) is 5.69 Å². The quantitative estimate of drug-likeness (QED) is 0.622.